The van der Waals surface area contributed by atoms with Crippen LogP contribution >= 0.6 is 11.3 Å². The maximum Gasteiger partial charge on any atom is 0.408 e. The minimum atomic E-state index is -0.621. The second kappa shape index (κ2) is 13.5. The van der Waals surface area contributed by atoms with Crippen molar-refractivity contribution in [3.8, 4) is 16.3 Å². The Morgan fingerprint density at radius 1 is 0.907 bits per heavy atom. The molecule has 0 unspecified atom stereocenters. The Hall–Kier alpha value is -4.76. The van der Waals surface area contributed by atoms with Crippen LogP contribution in [0.3, 0.4) is 0 Å². The first kappa shape index (κ1) is 29.7. The Morgan fingerprint density at radius 2 is 1.70 bits per heavy atom. The molecule has 0 aliphatic heterocycles. The number of alkyl carbamates (subject to hydrolysis) is 1. The third kappa shape index (κ3) is 8.86. The largest absolute Gasteiger partial charge is 0.489 e. The van der Waals surface area contributed by atoms with Gasteiger partial charge < -0.3 is 20.1 Å². The van der Waals surface area contributed by atoms with Gasteiger partial charge in [-0.2, -0.15) is 0 Å². The Balaban J connectivity index is 1.32. The zero-order valence-corrected chi connectivity index (χ0v) is 25.5. The summed E-state index contributed by atoms with van der Waals surface area (Å²) in [6, 6.07) is 27.3. The van der Waals surface area contributed by atoms with Crippen LogP contribution in [0.2, 0.25) is 0 Å². The zero-order chi connectivity index (χ0) is 30.2. The first-order valence-corrected chi connectivity index (χ1v) is 14.9. The quantitative estimate of drug-likeness (QED) is 0.169. The van der Waals surface area contributed by atoms with Gasteiger partial charge in [0, 0.05) is 12.4 Å². The van der Waals surface area contributed by atoms with Gasteiger partial charge in [0.2, 0.25) is 0 Å². The summed E-state index contributed by atoms with van der Waals surface area (Å²) in [5.41, 5.74) is 3.40. The fourth-order valence-electron chi connectivity index (χ4n) is 4.29. The first-order chi connectivity index (χ1) is 20.7. The average molecular weight is 594 g/mol. The number of hydrogen-bond donors (Lipinski definition) is 2. The van der Waals surface area contributed by atoms with E-state index in [1.165, 1.54) is 11.3 Å². The van der Waals surface area contributed by atoms with E-state index in [9.17, 15) is 4.79 Å². The van der Waals surface area contributed by atoms with E-state index in [0.29, 0.717) is 18.8 Å². The van der Waals surface area contributed by atoms with Gasteiger partial charge in [0.15, 0.2) is 0 Å². The summed E-state index contributed by atoms with van der Waals surface area (Å²) in [7, 11) is 0. The van der Waals surface area contributed by atoms with Crippen molar-refractivity contribution in [3.63, 3.8) is 0 Å². The van der Waals surface area contributed by atoms with Gasteiger partial charge in [0.05, 0.1) is 16.6 Å². The minimum Gasteiger partial charge on any atom is -0.489 e. The molecule has 5 aromatic rings. The summed E-state index contributed by atoms with van der Waals surface area (Å²) in [6.07, 6.45) is 3.59. The number of benzene rings is 2. The monoisotopic (exact) mass is 593 g/mol. The number of pyridine rings is 2. The van der Waals surface area contributed by atoms with Crippen molar-refractivity contribution in [2.45, 2.75) is 52.4 Å². The Bertz CT molecular complexity index is 1650. The molecule has 9 heteroatoms. The lowest BCUT2D eigenvalue weighted by Gasteiger charge is -2.23. The average Bonchev–Trinajstić information content (AvgIpc) is 3.47. The Morgan fingerprint density at radius 3 is 2.44 bits per heavy atom. The number of amides is 1. The van der Waals surface area contributed by atoms with Gasteiger partial charge in [-0.3, -0.25) is 0 Å². The minimum absolute atomic E-state index is 0.400. The second-order valence-electron chi connectivity index (χ2n) is 11.1. The first-order valence-electron chi connectivity index (χ1n) is 14.1. The van der Waals surface area contributed by atoms with E-state index in [1.807, 2.05) is 113 Å². The molecule has 1 atom stereocenters. The number of rotatable bonds is 10. The van der Waals surface area contributed by atoms with Gasteiger partial charge in [0.25, 0.3) is 0 Å². The van der Waals surface area contributed by atoms with E-state index in [2.05, 4.69) is 15.6 Å². The molecular formula is C34H35N5O3S. The summed E-state index contributed by atoms with van der Waals surface area (Å²) in [5.74, 6) is 2.19. The van der Waals surface area contributed by atoms with Gasteiger partial charge in [-0.1, -0.05) is 48.5 Å². The fraction of sp³-hybridized carbons (Fsp3) is 0.235. The van der Waals surface area contributed by atoms with Gasteiger partial charge in [-0.25, -0.2) is 19.7 Å². The molecule has 0 aliphatic carbocycles. The van der Waals surface area contributed by atoms with Crippen LogP contribution in [0.15, 0.2) is 97.3 Å². The molecule has 2 aromatic carbocycles. The molecule has 0 radical (unpaired) electrons. The number of ether oxygens (including phenoxy) is 2. The molecule has 220 valence electrons. The fourth-order valence-corrected chi connectivity index (χ4v) is 5.23. The number of thiazole rings is 1. The van der Waals surface area contributed by atoms with Gasteiger partial charge in [-0.15, -0.1) is 11.3 Å². The Kier molecular flexibility index (Phi) is 9.32. The molecular weight excluding hydrogens is 558 g/mol. The van der Waals surface area contributed by atoms with Gasteiger partial charge >= 0.3 is 6.09 Å². The van der Waals surface area contributed by atoms with Crippen LogP contribution in [-0.4, -0.2) is 26.6 Å². The third-order valence-corrected chi connectivity index (χ3v) is 7.43. The van der Waals surface area contributed by atoms with E-state index < -0.39 is 17.7 Å². The van der Waals surface area contributed by atoms with Gasteiger partial charge in [-0.05, 0) is 87.2 Å². The molecule has 3 heterocycles. The number of aromatic nitrogens is 3. The van der Waals surface area contributed by atoms with Crippen LogP contribution in [0.1, 0.15) is 48.5 Å². The second-order valence-corrected chi connectivity index (χ2v) is 12.2. The molecule has 2 N–H and O–H groups in total. The molecule has 43 heavy (non-hydrogen) atoms. The van der Waals surface area contributed by atoms with Crippen LogP contribution in [0.4, 0.5) is 16.4 Å². The lowest BCUT2D eigenvalue weighted by Crippen LogP contribution is -2.35. The van der Waals surface area contributed by atoms with E-state index in [-0.39, 0.29) is 0 Å². The van der Waals surface area contributed by atoms with Crippen LogP contribution in [0.25, 0.3) is 10.6 Å². The SMILES string of the molecule is Cc1ccnc(Nc2cccc(-c3cnc([C@H](Cc4ccc(OCc5ccccc5)cc4)NC(=O)OC(C)(C)C)s3)n2)c1. The lowest BCUT2D eigenvalue weighted by atomic mass is 10.1. The number of aryl methyl sites for hydroxylation is 1. The Labute approximate surface area is 256 Å². The normalized spacial score (nSPS) is 11.9. The molecule has 0 spiro atoms. The molecule has 0 bridgehead atoms. The van der Waals surface area contributed by atoms with Crippen LogP contribution in [0, 0.1) is 6.92 Å². The predicted octanol–water partition coefficient (Wildman–Crippen LogP) is 8.04. The smallest absolute Gasteiger partial charge is 0.408 e. The highest BCUT2D eigenvalue weighted by Gasteiger charge is 2.23. The summed E-state index contributed by atoms with van der Waals surface area (Å²) < 4.78 is 11.5. The highest BCUT2D eigenvalue weighted by Crippen LogP contribution is 2.31. The summed E-state index contributed by atoms with van der Waals surface area (Å²) in [5, 5.41) is 7.05. The summed E-state index contributed by atoms with van der Waals surface area (Å²) in [6.45, 7) is 8.05. The van der Waals surface area contributed by atoms with E-state index in [4.69, 9.17) is 19.4 Å². The maximum atomic E-state index is 12.8. The van der Waals surface area contributed by atoms with Crippen LogP contribution in [0.5, 0.6) is 5.75 Å². The van der Waals surface area contributed by atoms with Crippen molar-refractivity contribution >= 4 is 29.1 Å². The van der Waals surface area contributed by atoms with E-state index >= 15 is 0 Å². The van der Waals surface area contributed by atoms with Crippen molar-refractivity contribution in [3.05, 3.63) is 119 Å². The van der Waals surface area contributed by atoms with Crippen molar-refractivity contribution < 1.29 is 14.3 Å². The van der Waals surface area contributed by atoms with Crippen LogP contribution in [-0.2, 0) is 17.8 Å². The van der Waals surface area contributed by atoms with Crippen molar-refractivity contribution in [1.29, 1.82) is 0 Å². The lowest BCUT2D eigenvalue weighted by molar-refractivity contribution is 0.0503. The number of nitrogens with zero attached hydrogens (tertiary/aromatic N) is 3. The van der Waals surface area contributed by atoms with Crippen molar-refractivity contribution in [2.24, 2.45) is 0 Å². The molecule has 8 nitrogen and oxygen atoms in total. The topological polar surface area (TPSA) is 98.3 Å². The highest BCUT2D eigenvalue weighted by atomic mass is 32.1. The molecule has 0 aliphatic rings. The molecule has 0 saturated carbocycles. The maximum absolute atomic E-state index is 12.8. The number of carbonyl (C=O) groups is 1. The zero-order valence-electron chi connectivity index (χ0n) is 24.7. The van der Waals surface area contributed by atoms with Crippen LogP contribution < -0.4 is 15.4 Å². The van der Waals surface area contributed by atoms with Crippen molar-refractivity contribution in [1.82, 2.24) is 20.3 Å². The molecule has 0 fully saturated rings. The molecule has 1 amide bonds. The number of anilines is 2. The molecule has 3 aromatic heterocycles. The van der Waals surface area contributed by atoms with Gasteiger partial charge in [0.1, 0.15) is 34.6 Å². The highest BCUT2D eigenvalue weighted by molar-refractivity contribution is 7.15. The third-order valence-electron chi connectivity index (χ3n) is 6.30. The standard InChI is InChI=1S/C34H35N5O3S/c1-23-17-18-35-31(19-23)39-30-12-8-11-27(37-30)29-21-36-32(43-29)28(38-33(40)42-34(2,3)4)20-24-13-15-26(16-14-24)41-22-25-9-6-5-7-10-25/h5-19,21,28H,20,22H2,1-4H3,(H,38,40)(H,35,37,39)/t28-/m0/s1. The summed E-state index contributed by atoms with van der Waals surface area (Å²) >= 11 is 1.49. The molecule has 0 saturated heterocycles. The predicted molar refractivity (Wildman–Crippen MR) is 171 cm³/mol. The number of nitrogens with one attached hydrogen (secondary N) is 2. The summed E-state index contributed by atoms with van der Waals surface area (Å²) in [4.78, 5) is 27.5. The molecule has 5 rings (SSSR count). The number of hydrogen-bond acceptors (Lipinski definition) is 8. The van der Waals surface area contributed by atoms with Crippen molar-refractivity contribution in [2.75, 3.05) is 5.32 Å². The van der Waals surface area contributed by atoms with E-state index in [1.54, 1.807) is 12.4 Å². The number of carbonyl (C=O) groups excluding carboxylic acids is 1. The van der Waals surface area contributed by atoms with E-state index in [0.717, 1.165) is 43.8 Å².